The third-order valence-corrected chi connectivity index (χ3v) is 3.34. The second-order valence-corrected chi connectivity index (χ2v) is 4.84. The molecule has 1 amide bonds. The molecule has 0 radical (unpaired) electrons. The highest BCUT2D eigenvalue weighted by Crippen LogP contribution is 2.32. The molecule has 1 heterocycles. The molecule has 0 fully saturated rings. The Morgan fingerprint density at radius 3 is 2.61 bits per heavy atom. The van der Waals surface area contributed by atoms with Crippen molar-refractivity contribution < 1.29 is 14.7 Å². The van der Waals surface area contributed by atoms with Gasteiger partial charge in [0.15, 0.2) is 0 Å². The van der Waals surface area contributed by atoms with Crippen LogP contribution in [0.25, 0.3) is 0 Å². The van der Waals surface area contributed by atoms with Gasteiger partial charge in [0.05, 0.1) is 29.8 Å². The molecule has 2 rings (SSSR count). The van der Waals surface area contributed by atoms with Gasteiger partial charge in [-0.1, -0.05) is 6.07 Å². The van der Waals surface area contributed by atoms with Gasteiger partial charge in [-0.3, -0.25) is 9.59 Å². The van der Waals surface area contributed by atoms with Crippen LogP contribution < -0.4 is 4.90 Å². The molecule has 1 atom stereocenters. The normalized spacial score (nSPS) is 16.1. The van der Waals surface area contributed by atoms with Crippen molar-refractivity contribution in [1.29, 1.82) is 0 Å². The lowest BCUT2D eigenvalue weighted by Gasteiger charge is -2.19. The number of aryl methyl sites for hydroxylation is 2. The quantitative estimate of drug-likeness (QED) is 0.666. The average molecular weight is 268 g/mol. The van der Waals surface area contributed by atoms with Crippen LogP contribution in [0.2, 0.25) is 0 Å². The van der Waals surface area contributed by atoms with E-state index in [2.05, 4.69) is 0 Å². The first-order chi connectivity index (χ1) is 8.45. The van der Waals surface area contributed by atoms with Crippen LogP contribution in [0.15, 0.2) is 12.1 Å². The van der Waals surface area contributed by atoms with Crippen LogP contribution in [0.4, 0.5) is 5.69 Å². The number of benzene rings is 1. The number of anilines is 1. The lowest BCUT2D eigenvalue weighted by Crippen LogP contribution is -2.37. The van der Waals surface area contributed by atoms with Crippen molar-refractivity contribution in [3.8, 4) is 0 Å². The molecule has 0 spiro atoms. The van der Waals surface area contributed by atoms with E-state index in [1.807, 2.05) is 13.0 Å². The number of Topliss-reactive ketones (excluding diaryl/α,β-unsaturated/α-hetero) is 1. The van der Waals surface area contributed by atoms with Crippen molar-refractivity contribution in [2.75, 3.05) is 17.3 Å². The number of alkyl halides is 1. The SMILES string of the molecule is Cc1cc(C)c2c(c1)N(CC(O)CCl)C(=O)C2=O. The van der Waals surface area contributed by atoms with E-state index in [-0.39, 0.29) is 12.4 Å². The van der Waals surface area contributed by atoms with Crippen LogP contribution in [0.5, 0.6) is 0 Å². The Hall–Kier alpha value is -1.39. The number of nitrogens with zero attached hydrogens (tertiary/aromatic N) is 1. The van der Waals surface area contributed by atoms with Gasteiger partial charge in [0, 0.05) is 0 Å². The predicted molar refractivity (Wildman–Crippen MR) is 69.3 cm³/mol. The van der Waals surface area contributed by atoms with Gasteiger partial charge in [-0.2, -0.15) is 0 Å². The summed E-state index contributed by atoms with van der Waals surface area (Å²) in [5.41, 5.74) is 2.77. The molecule has 1 N–H and O–H groups in total. The standard InChI is InChI=1S/C13H14ClNO3/c1-7-3-8(2)11-10(4-7)15(6-9(16)5-14)13(18)12(11)17/h3-4,9,16H,5-6H2,1-2H3. The zero-order chi connectivity index (χ0) is 13.4. The topological polar surface area (TPSA) is 57.6 Å². The molecule has 0 aliphatic carbocycles. The van der Waals surface area contributed by atoms with Crippen LogP contribution in [-0.4, -0.2) is 35.3 Å². The summed E-state index contributed by atoms with van der Waals surface area (Å²) < 4.78 is 0. The van der Waals surface area contributed by atoms with E-state index in [1.54, 1.807) is 13.0 Å². The Bertz CT molecular complexity index is 527. The van der Waals surface area contributed by atoms with E-state index in [1.165, 1.54) is 4.90 Å². The Labute approximate surface area is 110 Å². The Morgan fingerprint density at radius 1 is 1.33 bits per heavy atom. The molecular formula is C13H14ClNO3. The molecule has 1 aliphatic heterocycles. The monoisotopic (exact) mass is 267 g/mol. The summed E-state index contributed by atoms with van der Waals surface area (Å²) >= 11 is 5.53. The smallest absolute Gasteiger partial charge is 0.299 e. The maximum Gasteiger partial charge on any atom is 0.299 e. The number of aliphatic hydroxyl groups excluding tert-OH is 1. The molecule has 5 heteroatoms. The molecule has 0 aromatic heterocycles. The zero-order valence-corrected chi connectivity index (χ0v) is 11.0. The number of hydrogen-bond donors (Lipinski definition) is 1. The van der Waals surface area contributed by atoms with Gasteiger partial charge in [-0.05, 0) is 31.0 Å². The number of amides is 1. The lowest BCUT2D eigenvalue weighted by molar-refractivity contribution is -0.114. The number of halogens is 1. The molecule has 18 heavy (non-hydrogen) atoms. The molecule has 1 aromatic carbocycles. The number of ketones is 1. The fourth-order valence-electron chi connectivity index (χ4n) is 2.23. The largest absolute Gasteiger partial charge is 0.390 e. The summed E-state index contributed by atoms with van der Waals surface area (Å²) in [7, 11) is 0. The molecule has 0 bridgehead atoms. The molecule has 4 nitrogen and oxygen atoms in total. The lowest BCUT2D eigenvalue weighted by atomic mass is 10.0. The first-order valence-electron chi connectivity index (χ1n) is 5.67. The Balaban J connectivity index is 2.48. The van der Waals surface area contributed by atoms with Crippen molar-refractivity contribution in [3.05, 3.63) is 28.8 Å². The van der Waals surface area contributed by atoms with Crippen LogP contribution in [-0.2, 0) is 4.79 Å². The number of aliphatic hydroxyl groups is 1. The number of rotatable bonds is 3. The summed E-state index contributed by atoms with van der Waals surface area (Å²) in [5, 5.41) is 9.55. The van der Waals surface area contributed by atoms with Gasteiger partial charge in [-0.25, -0.2) is 0 Å². The van der Waals surface area contributed by atoms with Crippen molar-refractivity contribution in [2.45, 2.75) is 20.0 Å². The van der Waals surface area contributed by atoms with Gasteiger partial charge in [-0.15, -0.1) is 11.6 Å². The molecule has 1 aromatic rings. The molecule has 96 valence electrons. The fraction of sp³-hybridized carbons (Fsp3) is 0.385. The third kappa shape index (κ3) is 2.02. The summed E-state index contributed by atoms with van der Waals surface area (Å²) in [6.45, 7) is 3.75. The van der Waals surface area contributed by atoms with Crippen LogP contribution in [0, 0.1) is 13.8 Å². The average Bonchev–Trinajstić information content (AvgIpc) is 2.54. The summed E-state index contributed by atoms with van der Waals surface area (Å²) in [4.78, 5) is 25.1. The van der Waals surface area contributed by atoms with Gasteiger partial charge >= 0.3 is 0 Å². The summed E-state index contributed by atoms with van der Waals surface area (Å²) in [6, 6.07) is 3.65. The van der Waals surface area contributed by atoms with Crippen molar-refractivity contribution in [3.63, 3.8) is 0 Å². The highest BCUT2D eigenvalue weighted by Gasteiger charge is 2.37. The minimum Gasteiger partial charge on any atom is -0.390 e. The van der Waals surface area contributed by atoms with Gasteiger partial charge in [0.1, 0.15) is 0 Å². The second-order valence-electron chi connectivity index (χ2n) is 4.53. The number of hydrogen-bond acceptors (Lipinski definition) is 3. The second kappa shape index (κ2) is 4.71. The van der Waals surface area contributed by atoms with Crippen LogP contribution >= 0.6 is 11.6 Å². The Morgan fingerprint density at radius 2 is 2.00 bits per heavy atom. The number of fused-ring (bicyclic) bond motifs is 1. The summed E-state index contributed by atoms with van der Waals surface area (Å²) in [6.07, 6.45) is -0.838. The maximum absolute atomic E-state index is 11.9. The molecular weight excluding hydrogens is 254 g/mol. The van der Waals surface area contributed by atoms with E-state index >= 15 is 0 Å². The number of carbonyl (C=O) groups is 2. The van der Waals surface area contributed by atoms with Crippen LogP contribution in [0.3, 0.4) is 0 Å². The molecule has 0 saturated heterocycles. The molecule has 1 unspecified atom stereocenters. The molecule has 1 aliphatic rings. The number of β-amino-alcohol motifs (C(OH)–C–C–N with tert-alkyl or cyclic N) is 1. The molecule has 0 saturated carbocycles. The van der Waals surface area contributed by atoms with Crippen LogP contribution in [0.1, 0.15) is 21.5 Å². The zero-order valence-electron chi connectivity index (χ0n) is 10.2. The third-order valence-electron chi connectivity index (χ3n) is 2.99. The van der Waals surface area contributed by atoms with E-state index < -0.39 is 17.8 Å². The van der Waals surface area contributed by atoms with E-state index in [9.17, 15) is 14.7 Å². The summed E-state index contributed by atoms with van der Waals surface area (Å²) in [5.74, 6) is -1.08. The first kappa shape index (κ1) is 13.1. The predicted octanol–water partition coefficient (Wildman–Crippen LogP) is 1.43. The minimum absolute atomic E-state index is 0.0259. The highest BCUT2D eigenvalue weighted by atomic mass is 35.5. The van der Waals surface area contributed by atoms with E-state index in [0.717, 1.165) is 11.1 Å². The minimum atomic E-state index is -0.838. The highest BCUT2D eigenvalue weighted by molar-refractivity contribution is 6.52. The van der Waals surface area contributed by atoms with E-state index in [0.29, 0.717) is 11.3 Å². The maximum atomic E-state index is 11.9. The Kier molecular flexibility index (Phi) is 3.41. The fourth-order valence-corrected chi connectivity index (χ4v) is 2.33. The van der Waals surface area contributed by atoms with E-state index in [4.69, 9.17) is 11.6 Å². The van der Waals surface area contributed by atoms with Crippen molar-refractivity contribution in [2.24, 2.45) is 0 Å². The van der Waals surface area contributed by atoms with Crippen molar-refractivity contribution in [1.82, 2.24) is 0 Å². The van der Waals surface area contributed by atoms with Crippen molar-refractivity contribution >= 4 is 29.0 Å². The van der Waals surface area contributed by atoms with Gasteiger partial charge in [0.25, 0.3) is 11.7 Å². The first-order valence-corrected chi connectivity index (χ1v) is 6.20. The van der Waals surface area contributed by atoms with Gasteiger partial charge in [0.2, 0.25) is 0 Å². The number of carbonyl (C=O) groups excluding carboxylic acids is 2. The van der Waals surface area contributed by atoms with Gasteiger partial charge < -0.3 is 10.0 Å².